The second-order valence-corrected chi connectivity index (χ2v) is 8.74. The Balaban J connectivity index is 1.91. The Morgan fingerprint density at radius 2 is 1.85 bits per heavy atom. The zero-order valence-corrected chi connectivity index (χ0v) is 15.9. The zero-order valence-electron chi connectivity index (χ0n) is 15.9. The second-order valence-electron chi connectivity index (χ2n) is 8.74. The third kappa shape index (κ3) is 1.93. The molecule has 1 amide bonds. The van der Waals surface area contributed by atoms with Crippen LogP contribution in [0.5, 0.6) is 0 Å². The standard InChI is InChI=1S/C21H22N4O2/c1-10-5-6-13-12(7-10)21(19(27)23-13)16-11(2)24-25-18(16)22-14-8-20(3,4)9-15(26)17(14)21/h5-7H,8-9H2,1-4H3,(H,23,27)(H2,22,24,25). The summed E-state index contributed by atoms with van der Waals surface area (Å²) in [6.07, 6.45) is 1.13. The molecule has 0 fully saturated rings. The number of benzene rings is 1. The van der Waals surface area contributed by atoms with Crippen LogP contribution >= 0.6 is 0 Å². The maximum atomic E-state index is 13.5. The number of aromatic amines is 1. The van der Waals surface area contributed by atoms with Crippen molar-refractivity contribution in [1.82, 2.24) is 10.2 Å². The van der Waals surface area contributed by atoms with Crippen LogP contribution in [-0.2, 0) is 15.0 Å². The van der Waals surface area contributed by atoms with Gasteiger partial charge < -0.3 is 10.6 Å². The monoisotopic (exact) mass is 362 g/mol. The first-order valence-electron chi connectivity index (χ1n) is 9.26. The van der Waals surface area contributed by atoms with E-state index in [0.717, 1.165) is 33.8 Å². The summed E-state index contributed by atoms with van der Waals surface area (Å²) in [5.74, 6) is 0.502. The van der Waals surface area contributed by atoms with Crippen molar-refractivity contribution >= 4 is 23.2 Å². The van der Waals surface area contributed by atoms with Crippen molar-refractivity contribution < 1.29 is 9.59 Å². The van der Waals surface area contributed by atoms with Crippen LogP contribution in [0.25, 0.3) is 0 Å². The van der Waals surface area contributed by atoms with Crippen molar-refractivity contribution in [2.45, 2.75) is 46.0 Å². The summed E-state index contributed by atoms with van der Waals surface area (Å²) < 4.78 is 0. The average Bonchev–Trinajstić information content (AvgIpc) is 3.06. The van der Waals surface area contributed by atoms with E-state index in [1.54, 1.807) is 0 Å². The molecule has 0 radical (unpaired) electrons. The smallest absolute Gasteiger partial charge is 0.244 e. The number of carbonyl (C=O) groups excluding carboxylic acids is 2. The molecule has 3 aliphatic rings. The first-order chi connectivity index (χ1) is 12.7. The number of anilines is 2. The van der Waals surface area contributed by atoms with E-state index in [1.165, 1.54) is 0 Å². The summed E-state index contributed by atoms with van der Waals surface area (Å²) in [7, 11) is 0. The maximum Gasteiger partial charge on any atom is 0.244 e. The van der Waals surface area contributed by atoms with Crippen molar-refractivity contribution in [1.29, 1.82) is 0 Å². The number of carbonyl (C=O) groups is 2. The van der Waals surface area contributed by atoms with Crippen LogP contribution in [0, 0.1) is 19.3 Å². The Morgan fingerprint density at radius 1 is 1.07 bits per heavy atom. The number of hydrogen-bond donors (Lipinski definition) is 3. The Kier molecular flexibility index (Phi) is 2.95. The van der Waals surface area contributed by atoms with E-state index in [0.29, 0.717) is 24.2 Å². The second kappa shape index (κ2) is 4.88. The van der Waals surface area contributed by atoms with E-state index in [-0.39, 0.29) is 17.1 Å². The molecule has 1 atom stereocenters. The molecule has 1 aromatic carbocycles. The molecule has 0 bridgehead atoms. The lowest BCUT2D eigenvalue weighted by molar-refractivity contribution is -0.123. The summed E-state index contributed by atoms with van der Waals surface area (Å²) in [5.41, 5.74) is 4.34. The van der Waals surface area contributed by atoms with Crippen LogP contribution in [0.15, 0.2) is 29.5 Å². The van der Waals surface area contributed by atoms with Gasteiger partial charge in [-0.05, 0) is 31.7 Å². The van der Waals surface area contributed by atoms with Gasteiger partial charge in [0.1, 0.15) is 5.41 Å². The number of hydrogen-bond acceptors (Lipinski definition) is 4. The fourth-order valence-corrected chi connectivity index (χ4v) is 5.02. The van der Waals surface area contributed by atoms with E-state index in [2.05, 4.69) is 34.7 Å². The number of aryl methyl sites for hydroxylation is 2. The third-order valence-corrected chi connectivity index (χ3v) is 6.01. The number of fused-ring (bicyclic) bond motifs is 5. The first-order valence-corrected chi connectivity index (χ1v) is 9.26. The number of rotatable bonds is 0. The number of nitrogens with one attached hydrogen (secondary N) is 3. The van der Waals surface area contributed by atoms with Crippen LogP contribution in [0.3, 0.4) is 0 Å². The average molecular weight is 362 g/mol. The number of Topliss-reactive ketones (excluding diaryl/α,β-unsaturated/α-hetero) is 1. The lowest BCUT2D eigenvalue weighted by Crippen LogP contribution is -2.47. The predicted octanol–water partition coefficient (Wildman–Crippen LogP) is 3.33. The number of ketones is 1. The maximum absolute atomic E-state index is 13.5. The van der Waals surface area contributed by atoms with Crippen molar-refractivity contribution in [2.75, 3.05) is 10.6 Å². The van der Waals surface area contributed by atoms with E-state index in [1.807, 2.05) is 32.0 Å². The SMILES string of the molecule is Cc1ccc2c(c1)C1(C(=O)N2)C2=C(CC(C)(C)CC2=O)Nc2n[nH]c(C)c21. The molecule has 138 valence electrons. The lowest BCUT2D eigenvalue weighted by Gasteiger charge is -2.42. The van der Waals surface area contributed by atoms with Gasteiger partial charge in [-0.1, -0.05) is 31.5 Å². The predicted molar refractivity (Wildman–Crippen MR) is 103 cm³/mol. The molecule has 1 unspecified atom stereocenters. The first kappa shape index (κ1) is 16.3. The van der Waals surface area contributed by atoms with Gasteiger partial charge in [0.15, 0.2) is 11.6 Å². The topological polar surface area (TPSA) is 86.9 Å². The van der Waals surface area contributed by atoms with E-state index in [4.69, 9.17) is 0 Å². The van der Waals surface area contributed by atoms with Crippen LogP contribution in [0.4, 0.5) is 11.5 Å². The van der Waals surface area contributed by atoms with Gasteiger partial charge in [0.05, 0.1) is 0 Å². The molecular formula is C21H22N4O2. The molecule has 2 aromatic rings. The largest absolute Gasteiger partial charge is 0.342 e. The minimum absolute atomic E-state index is 0.0320. The Morgan fingerprint density at radius 3 is 2.63 bits per heavy atom. The molecule has 0 saturated carbocycles. The molecule has 2 aliphatic heterocycles. The molecule has 5 rings (SSSR count). The highest BCUT2D eigenvalue weighted by molar-refractivity contribution is 6.20. The minimum atomic E-state index is -1.14. The highest BCUT2D eigenvalue weighted by Crippen LogP contribution is 2.57. The van der Waals surface area contributed by atoms with Gasteiger partial charge in [0, 0.05) is 40.2 Å². The fraction of sp³-hybridized carbons (Fsp3) is 0.381. The molecule has 3 N–H and O–H groups in total. The molecule has 3 heterocycles. The summed E-state index contributed by atoms with van der Waals surface area (Å²) >= 11 is 0. The molecule has 6 nitrogen and oxygen atoms in total. The molecule has 27 heavy (non-hydrogen) atoms. The number of aromatic nitrogens is 2. The van der Waals surface area contributed by atoms with Crippen LogP contribution in [-0.4, -0.2) is 21.9 Å². The minimum Gasteiger partial charge on any atom is -0.342 e. The Bertz CT molecular complexity index is 1080. The lowest BCUT2D eigenvalue weighted by atomic mass is 9.61. The normalized spacial score (nSPS) is 25.0. The summed E-state index contributed by atoms with van der Waals surface area (Å²) in [6, 6.07) is 5.92. The zero-order chi connectivity index (χ0) is 19.1. The van der Waals surface area contributed by atoms with Gasteiger partial charge >= 0.3 is 0 Å². The van der Waals surface area contributed by atoms with Gasteiger partial charge in [-0.15, -0.1) is 0 Å². The van der Waals surface area contributed by atoms with Crippen molar-refractivity contribution in [3.8, 4) is 0 Å². The summed E-state index contributed by atoms with van der Waals surface area (Å²) in [4.78, 5) is 26.9. The number of allylic oxidation sites excluding steroid dienone is 1. The van der Waals surface area contributed by atoms with Crippen LogP contribution in [0.2, 0.25) is 0 Å². The number of amides is 1. The van der Waals surface area contributed by atoms with E-state index in [9.17, 15) is 9.59 Å². The Hall–Kier alpha value is -2.89. The van der Waals surface area contributed by atoms with Crippen molar-refractivity contribution in [3.63, 3.8) is 0 Å². The van der Waals surface area contributed by atoms with Gasteiger partial charge in [-0.2, -0.15) is 5.10 Å². The molecular weight excluding hydrogens is 340 g/mol. The van der Waals surface area contributed by atoms with Gasteiger partial charge in [0.25, 0.3) is 0 Å². The molecule has 0 saturated heterocycles. The highest BCUT2D eigenvalue weighted by atomic mass is 16.2. The third-order valence-electron chi connectivity index (χ3n) is 6.01. The number of nitrogens with zero attached hydrogens (tertiary/aromatic N) is 1. The molecule has 1 aromatic heterocycles. The van der Waals surface area contributed by atoms with E-state index < -0.39 is 5.41 Å². The van der Waals surface area contributed by atoms with Gasteiger partial charge in [-0.25, -0.2) is 0 Å². The van der Waals surface area contributed by atoms with Gasteiger partial charge in [-0.3, -0.25) is 14.7 Å². The van der Waals surface area contributed by atoms with Crippen molar-refractivity contribution in [2.24, 2.45) is 5.41 Å². The van der Waals surface area contributed by atoms with Crippen molar-refractivity contribution in [3.05, 3.63) is 51.9 Å². The summed E-state index contributed by atoms with van der Waals surface area (Å²) in [6.45, 7) is 8.07. The highest BCUT2D eigenvalue weighted by Gasteiger charge is 2.59. The Labute approximate surface area is 157 Å². The quantitative estimate of drug-likeness (QED) is 0.671. The fourth-order valence-electron chi connectivity index (χ4n) is 5.02. The number of H-pyrrole nitrogens is 1. The molecule has 1 aliphatic carbocycles. The molecule has 6 heteroatoms. The van der Waals surface area contributed by atoms with Crippen LogP contribution < -0.4 is 10.6 Å². The summed E-state index contributed by atoms with van der Waals surface area (Å²) in [5, 5.41) is 13.8. The van der Waals surface area contributed by atoms with E-state index >= 15 is 0 Å². The van der Waals surface area contributed by atoms with Crippen LogP contribution in [0.1, 0.15) is 49.1 Å². The molecule has 1 spiro atoms. The van der Waals surface area contributed by atoms with Gasteiger partial charge in [0.2, 0.25) is 5.91 Å².